The summed E-state index contributed by atoms with van der Waals surface area (Å²) in [5, 5.41) is 8.45. The average Bonchev–Trinajstić information content (AvgIpc) is 2.46. The van der Waals surface area contributed by atoms with Gasteiger partial charge in [0.05, 0.1) is 0 Å². The summed E-state index contributed by atoms with van der Waals surface area (Å²) >= 11 is 3.15. The molecule has 0 amide bonds. The van der Waals surface area contributed by atoms with E-state index in [1.165, 1.54) is 0 Å². The number of rotatable bonds is 8. The minimum atomic E-state index is -0.757. The van der Waals surface area contributed by atoms with Crippen molar-refractivity contribution >= 4 is 21.9 Å². The van der Waals surface area contributed by atoms with Crippen molar-refractivity contribution in [1.82, 2.24) is 0 Å². The van der Waals surface area contributed by atoms with E-state index >= 15 is 0 Å². The molecule has 0 radical (unpaired) electrons. The molecule has 0 heterocycles. The Labute approximate surface area is 136 Å². The molecule has 3 heteroatoms. The molecule has 0 aromatic heterocycles. The summed E-state index contributed by atoms with van der Waals surface area (Å²) in [5.74, 6) is 10.9. The van der Waals surface area contributed by atoms with Gasteiger partial charge in [-0.2, -0.15) is 0 Å². The molecule has 0 unspecified atom stereocenters. The molecule has 0 aliphatic carbocycles. The van der Waals surface area contributed by atoms with Gasteiger partial charge in [-0.3, -0.25) is 4.79 Å². The largest absolute Gasteiger partial charge is 0.481 e. The van der Waals surface area contributed by atoms with Crippen LogP contribution in [-0.4, -0.2) is 11.1 Å². The number of aliphatic carboxylic acids is 1. The van der Waals surface area contributed by atoms with Crippen LogP contribution in [0.25, 0.3) is 0 Å². The molecule has 0 saturated heterocycles. The fourth-order valence-electron chi connectivity index (χ4n) is 1.40. The molecule has 21 heavy (non-hydrogen) atoms. The van der Waals surface area contributed by atoms with Crippen molar-refractivity contribution in [2.24, 2.45) is 0 Å². The summed E-state index contributed by atoms with van der Waals surface area (Å²) in [6.45, 7) is 0. The molecule has 112 valence electrons. The summed E-state index contributed by atoms with van der Waals surface area (Å²) in [4.78, 5) is 12.0. The Hall–Kier alpha value is -1.71. The van der Waals surface area contributed by atoms with Crippen LogP contribution < -0.4 is 0 Å². The molecule has 0 aromatic rings. The molecule has 0 aromatic carbocycles. The lowest BCUT2D eigenvalue weighted by Crippen LogP contribution is -1.92. The zero-order chi connectivity index (χ0) is 15.6. The van der Waals surface area contributed by atoms with Gasteiger partial charge >= 0.3 is 5.97 Å². The first-order valence-corrected chi connectivity index (χ1v) is 7.95. The molecule has 0 atom stereocenters. The molecule has 0 spiro atoms. The van der Waals surface area contributed by atoms with E-state index in [1.54, 1.807) is 11.1 Å². The smallest absolute Gasteiger partial charge is 0.303 e. The van der Waals surface area contributed by atoms with Gasteiger partial charge in [0.25, 0.3) is 0 Å². The van der Waals surface area contributed by atoms with Gasteiger partial charge in [-0.05, 0) is 55.3 Å². The fourth-order valence-corrected chi connectivity index (χ4v) is 1.53. The Balaban J connectivity index is 3.47. The van der Waals surface area contributed by atoms with Gasteiger partial charge in [0.1, 0.15) is 0 Å². The first-order valence-electron chi connectivity index (χ1n) is 7.04. The van der Waals surface area contributed by atoms with E-state index in [2.05, 4.69) is 51.8 Å². The second kappa shape index (κ2) is 16.3. The SMILES string of the molecule is O=C(O)CCCC#CC=CCCCCC=CC#CC=CBr. The maximum Gasteiger partial charge on any atom is 0.303 e. The lowest BCUT2D eigenvalue weighted by molar-refractivity contribution is -0.137. The van der Waals surface area contributed by atoms with Gasteiger partial charge < -0.3 is 5.11 Å². The van der Waals surface area contributed by atoms with E-state index in [4.69, 9.17) is 5.11 Å². The third-order valence-electron chi connectivity index (χ3n) is 2.42. The van der Waals surface area contributed by atoms with E-state index in [0.29, 0.717) is 12.8 Å². The highest BCUT2D eigenvalue weighted by atomic mass is 79.9. The Morgan fingerprint density at radius 2 is 1.57 bits per heavy atom. The first-order chi connectivity index (χ1) is 10.3. The van der Waals surface area contributed by atoms with Crippen LogP contribution in [0.1, 0.15) is 44.9 Å². The number of carboxylic acids is 1. The quantitative estimate of drug-likeness (QED) is 0.503. The Kier molecular flexibility index (Phi) is 15.0. The minimum absolute atomic E-state index is 0.197. The van der Waals surface area contributed by atoms with Gasteiger partial charge in [0.15, 0.2) is 0 Å². The van der Waals surface area contributed by atoms with Gasteiger partial charge in [0.2, 0.25) is 0 Å². The summed E-state index contributed by atoms with van der Waals surface area (Å²) < 4.78 is 0. The maximum atomic E-state index is 10.3. The summed E-state index contributed by atoms with van der Waals surface area (Å²) in [6, 6.07) is 0. The van der Waals surface area contributed by atoms with Crippen LogP contribution in [0.4, 0.5) is 0 Å². The minimum Gasteiger partial charge on any atom is -0.481 e. The van der Waals surface area contributed by atoms with Crippen LogP contribution in [0.5, 0.6) is 0 Å². The lowest BCUT2D eigenvalue weighted by Gasteiger charge is -1.91. The molecule has 0 saturated carbocycles. The number of carbonyl (C=O) groups is 1. The van der Waals surface area contributed by atoms with Crippen molar-refractivity contribution in [3.63, 3.8) is 0 Å². The Morgan fingerprint density at radius 1 is 0.952 bits per heavy atom. The number of allylic oxidation sites excluding steroid dienone is 5. The van der Waals surface area contributed by atoms with E-state index in [1.807, 2.05) is 12.2 Å². The predicted octanol–water partition coefficient (Wildman–Crippen LogP) is 4.83. The second-order valence-corrected chi connectivity index (χ2v) is 4.77. The third kappa shape index (κ3) is 18.3. The number of halogens is 1. The van der Waals surface area contributed by atoms with Gasteiger partial charge in [-0.15, -0.1) is 0 Å². The van der Waals surface area contributed by atoms with Crippen molar-refractivity contribution in [3.8, 4) is 23.7 Å². The lowest BCUT2D eigenvalue weighted by atomic mass is 10.2. The molecule has 0 aliphatic rings. The fraction of sp³-hybridized carbons (Fsp3) is 0.389. The first kappa shape index (κ1) is 19.3. The van der Waals surface area contributed by atoms with E-state index < -0.39 is 5.97 Å². The van der Waals surface area contributed by atoms with E-state index in [-0.39, 0.29) is 6.42 Å². The van der Waals surface area contributed by atoms with Crippen molar-refractivity contribution in [1.29, 1.82) is 0 Å². The van der Waals surface area contributed by atoms with Crippen LogP contribution in [-0.2, 0) is 4.79 Å². The molecule has 0 rings (SSSR count). The standard InChI is InChI=1S/C18H21BrO2/c19-17-15-13-11-9-7-5-3-1-2-4-6-8-10-12-14-16-18(20)21/h4,6-7,9,15,17H,1-3,5,12,14,16H2,(H,20,21). The highest BCUT2D eigenvalue weighted by molar-refractivity contribution is 9.11. The molecule has 1 N–H and O–H groups in total. The second-order valence-electron chi connectivity index (χ2n) is 4.24. The third-order valence-corrected chi connectivity index (χ3v) is 2.68. The molecule has 0 fully saturated rings. The average molecular weight is 349 g/mol. The van der Waals surface area contributed by atoms with Gasteiger partial charge in [-0.25, -0.2) is 0 Å². The molecule has 2 nitrogen and oxygen atoms in total. The molecular weight excluding hydrogens is 328 g/mol. The highest BCUT2D eigenvalue weighted by Crippen LogP contribution is 2.01. The molecule has 0 aliphatic heterocycles. The maximum absolute atomic E-state index is 10.3. The zero-order valence-electron chi connectivity index (χ0n) is 12.1. The Bertz CT molecular complexity index is 479. The highest BCUT2D eigenvalue weighted by Gasteiger charge is 1.92. The van der Waals surface area contributed by atoms with Gasteiger partial charge in [-0.1, -0.05) is 51.8 Å². The number of hydrogen-bond acceptors (Lipinski definition) is 1. The van der Waals surface area contributed by atoms with Crippen LogP contribution >= 0.6 is 15.9 Å². The van der Waals surface area contributed by atoms with Crippen molar-refractivity contribution in [3.05, 3.63) is 35.4 Å². The van der Waals surface area contributed by atoms with Crippen molar-refractivity contribution in [2.45, 2.75) is 44.9 Å². The zero-order valence-corrected chi connectivity index (χ0v) is 13.7. The number of hydrogen-bond donors (Lipinski definition) is 1. The van der Waals surface area contributed by atoms with E-state index in [0.717, 1.165) is 25.7 Å². The normalized spacial score (nSPS) is 10.5. The molecule has 0 bridgehead atoms. The van der Waals surface area contributed by atoms with E-state index in [9.17, 15) is 4.79 Å². The number of carboxylic acid groups (broad SMARTS) is 1. The van der Waals surface area contributed by atoms with Crippen molar-refractivity contribution < 1.29 is 9.90 Å². The summed E-state index contributed by atoms with van der Waals surface area (Å²) in [7, 11) is 0. The summed E-state index contributed by atoms with van der Waals surface area (Å²) in [5.41, 5.74) is 0. The topological polar surface area (TPSA) is 37.3 Å². The Morgan fingerprint density at radius 3 is 2.19 bits per heavy atom. The number of unbranched alkanes of at least 4 members (excludes halogenated alkanes) is 4. The predicted molar refractivity (Wildman–Crippen MR) is 91.9 cm³/mol. The van der Waals surface area contributed by atoms with Crippen LogP contribution in [0.2, 0.25) is 0 Å². The monoisotopic (exact) mass is 348 g/mol. The van der Waals surface area contributed by atoms with Crippen LogP contribution in [0.3, 0.4) is 0 Å². The van der Waals surface area contributed by atoms with Crippen LogP contribution in [0, 0.1) is 23.7 Å². The summed E-state index contributed by atoms with van der Waals surface area (Å²) in [6.07, 6.45) is 15.4. The van der Waals surface area contributed by atoms with Gasteiger partial charge in [0, 0.05) is 12.8 Å². The van der Waals surface area contributed by atoms with Crippen molar-refractivity contribution in [2.75, 3.05) is 0 Å². The van der Waals surface area contributed by atoms with Crippen LogP contribution in [0.15, 0.2) is 35.4 Å². The molecular formula is C18H21BrO2.